The fraction of sp³-hybridized carbons (Fsp3) is 0.200. The van der Waals surface area contributed by atoms with Crippen molar-refractivity contribution in [1.29, 1.82) is 0 Å². The average molecular weight is 429 g/mol. The molecular formula is C20H20FN5O3S. The van der Waals surface area contributed by atoms with Gasteiger partial charge >= 0.3 is 0 Å². The zero-order valence-corrected chi connectivity index (χ0v) is 17.2. The Morgan fingerprint density at radius 3 is 2.60 bits per heavy atom. The summed E-state index contributed by atoms with van der Waals surface area (Å²) in [6.07, 6.45) is 2.92. The molecule has 4 N–H and O–H groups in total. The number of carbonyl (C=O) groups is 2. The third-order valence-electron chi connectivity index (χ3n) is 4.09. The molecule has 3 rings (SSSR count). The number of carbonyl (C=O) groups excluding carboxylic acids is 2. The SMILES string of the molecule is CCOCc1ccc(NC(=O)c2cc(NC(=O)c3cnc(N)s3)c(C)cc2F)nc1. The number of nitrogens with two attached hydrogens (primary N) is 1. The molecule has 2 amide bonds. The largest absolute Gasteiger partial charge is 0.377 e. The van der Waals surface area contributed by atoms with E-state index in [-0.39, 0.29) is 16.5 Å². The minimum Gasteiger partial charge on any atom is -0.377 e. The Bertz CT molecular complexity index is 1070. The van der Waals surface area contributed by atoms with Crippen molar-refractivity contribution in [2.24, 2.45) is 0 Å². The molecule has 0 aliphatic carbocycles. The lowest BCUT2D eigenvalue weighted by molar-refractivity contribution is 0.101. The van der Waals surface area contributed by atoms with Crippen LogP contribution < -0.4 is 16.4 Å². The first-order chi connectivity index (χ1) is 14.4. The summed E-state index contributed by atoms with van der Waals surface area (Å²) in [7, 11) is 0. The van der Waals surface area contributed by atoms with Crippen molar-refractivity contribution in [3.63, 3.8) is 0 Å². The van der Waals surface area contributed by atoms with Crippen molar-refractivity contribution >= 4 is 39.8 Å². The molecule has 156 valence electrons. The summed E-state index contributed by atoms with van der Waals surface area (Å²) < 4.78 is 19.7. The molecule has 2 heterocycles. The number of nitrogen functional groups attached to an aromatic ring is 1. The van der Waals surface area contributed by atoms with Crippen LogP contribution in [0.4, 0.5) is 21.0 Å². The van der Waals surface area contributed by atoms with Gasteiger partial charge in [-0.1, -0.05) is 17.4 Å². The number of pyridine rings is 1. The number of rotatable bonds is 7. The van der Waals surface area contributed by atoms with Crippen LogP contribution in [0.25, 0.3) is 0 Å². The molecule has 10 heteroatoms. The predicted molar refractivity (Wildman–Crippen MR) is 113 cm³/mol. The number of ether oxygens (including phenoxy) is 1. The van der Waals surface area contributed by atoms with Crippen molar-refractivity contribution < 1.29 is 18.7 Å². The Morgan fingerprint density at radius 1 is 1.17 bits per heavy atom. The zero-order chi connectivity index (χ0) is 21.7. The van der Waals surface area contributed by atoms with E-state index in [9.17, 15) is 14.0 Å². The van der Waals surface area contributed by atoms with Crippen LogP contribution in [0.1, 0.15) is 38.1 Å². The first kappa shape index (κ1) is 21.3. The van der Waals surface area contributed by atoms with E-state index in [1.54, 1.807) is 25.3 Å². The minimum absolute atomic E-state index is 0.222. The molecule has 0 aliphatic heterocycles. The second kappa shape index (κ2) is 9.42. The van der Waals surface area contributed by atoms with E-state index >= 15 is 0 Å². The van der Waals surface area contributed by atoms with Crippen LogP contribution in [-0.4, -0.2) is 28.4 Å². The van der Waals surface area contributed by atoms with Gasteiger partial charge < -0.3 is 21.1 Å². The lowest BCUT2D eigenvalue weighted by Crippen LogP contribution is -2.17. The van der Waals surface area contributed by atoms with E-state index in [0.29, 0.717) is 29.3 Å². The monoisotopic (exact) mass is 429 g/mol. The van der Waals surface area contributed by atoms with Crippen molar-refractivity contribution in [2.45, 2.75) is 20.5 Å². The maximum Gasteiger partial charge on any atom is 0.267 e. The van der Waals surface area contributed by atoms with E-state index in [4.69, 9.17) is 10.5 Å². The molecule has 0 radical (unpaired) electrons. The minimum atomic E-state index is -0.710. The molecule has 1 aromatic carbocycles. The standard InChI is InChI=1S/C20H20FN5O3S/c1-3-29-10-12-4-5-17(23-8-12)26-18(27)13-7-15(11(2)6-14(13)21)25-19(28)16-9-24-20(22)30-16/h4-9H,3,10H2,1-2H3,(H2,22,24)(H,25,28)(H,23,26,27). The Morgan fingerprint density at radius 2 is 1.97 bits per heavy atom. The van der Waals surface area contributed by atoms with Gasteiger partial charge in [0, 0.05) is 18.5 Å². The second-order valence-electron chi connectivity index (χ2n) is 6.31. The first-order valence-corrected chi connectivity index (χ1v) is 9.86. The summed E-state index contributed by atoms with van der Waals surface area (Å²) in [5.41, 5.74) is 6.94. The lowest BCUT2D eigenvalue weighted by atomic mass is 10.1. The highest BCUT2D eigenvalue weighted by Gasteiger charge is 2.18. The average Bonchev–Trinajstić information content (AvgIpc) is 3.16. The van der Waals surface area contributed by atoms with Gasteiger partial charge in [0.25, 0.3) is 11.8 Å². The number of halogens is 1. The summed E-state index contributed by atoms with van der Waals surface area (Å²) in [6, 6.07) is 5.83. The topological polar surface area (TPSA) is 119 Å². The number of amides is 2. The third-order valence-corrected chi connectivity index (χ3v) is 4.92. The number of aromatic nitrogens is 2. The van der Waals surface area contributed by atoms with Crippen LogP contribution in [0, 0.1) is 12.7 Å². The van der Waals surface area contributed by atoms with E-state index in [2.05, 4.69) is 20.6 Å². The number of nitrogens with zero attached hydrogens (tertiary/aromatic N) is 2. The van der Waals surface area contributed by atoms with Gasteiger partial charge in [0.05, 0.1) is 18.4 Å². The smallest absolute Gasteiger partial charge is 0.267 e. The number of anilines is 3. The van der Waals surface area contributed by atoms with Crippen LogP contribution in [-0.2, 0) is 11.3 Å². The fourth-order valence-electron chi connectivity index (χ4n) is 2.55. The molecule has 8 nitrogen and oxygen atoms in total. The second-order valence-corrected chi connectivity index (χ2v) is 7.37. The van der Waals surface area contributed by atoms with E-state index < -0.39 is 17.6 Å². The molecular weight excluding hydrogens is 409 g/mol. The van der Waals surface area contributed by atoms with E-state index in [1.807, 2.05) is 6.92 Å². The van der Waals surface area contributed by atoms with Crippen molar-refractivity contribution in [3.8, 4) is 0 Å². The van der Waals surface area contributed by atoms with Gasteiger partial charge in [-0.25, -0.2) is 14.4 Å². The molecule has 0 spiro atoms. The van der Waals surface area contributed by atoms with Crippen molar-refractivity contribution in [3.05, 3.63) is 64.0 Å². The number of nitrogens with one attached hydrogen (secondary N) is 2. The normalized spacial score (nSPS) is 10.6. The van der Waals surface area contributed by atoms with Crippen molar-refractivity contribution in [1.82, 2.24) is 9.97 Å². The molecule has 0 aliphatic rings. The maximum atomic E-state index is 14.4. The molecule has 0 atom stereocenters. The van der Waals surface area contributed by atoms with Crippen LogP contribution in [0.3, 0.4) is 0 Å². The summed E-state index contributed by atoms with van der Waals surface area (Å²) in [5.74, 6) is -1.57. The lowest BCUT2D eigenvalue weighted by Gasteiger charge is -2.12. The predicted octanol–water partition coefficient (Wildman–Crippen LogP) is 3.61. The van der Waals surface area contributed by atoms with Crippen LogP contribution in [0.15, 0.2) is 36.7 Å². The Balaban J connectivity index is 1.75. The van der Waals surface area contributed by atoms with Crippen LogP contribution >= 0.6 is 11.3 Å². The molecule has 0 unspecified atom stereocenters. The summed E-state index contributed by atoms with van der Waals surface area (Å²) in [5, 5.41) is 5.46. The van der Waals surface area contributed by atoms with Crippen LogP contribution in [0.5, 0.6) is 0 Å². The highest BCUT2D eigenvalue weighted by atomic mass is 32.1. The van der Waals surface area contributed by atoms with Gasteiger partial charge in [0.15, 0.2) is 5.13 Å². The Hall–Kier alpha value is -3.37. The Labute approximate surface area is 176 Å². The van der Waals surface area contributed by atoms with E-state index in [0.717, 1.165) is 16.9 Å². The molecule has 0 fully saturated rings. The summed E-state index contributed by atoms with van der Waals surface area (Å²) >= 11 is 1.03. The van der Waals surface area contributed by atoms with E-state index in [1.165, 1.54) is 18.3 Å². The number of benzene rings is 1. The number of hydrogen-bond donors (Lipinski definition) is 3. The summed E-state index contributed by atoms with van der Waals surface area (Å²) in [4.78, 5) is 33.2. The Kier molecular flexibility index (Phi) is 6.70. The molecule has 0 saturated carbocycles. The first-order valence-electron chi connectivity index (χ1n) is 9.04. The molecule has 0 saturated heterocycles. The number of thiazole rings is 1. The number of hydrogen-bond acceptors (Lipinski definition) is 7. The maximum absolute atomic E-state index is 14.4. The van der Waals surface area contributed by atoms with Gasteiger partial charge in [0.1, 0.15) is 16.5 Å². The molecule has 0 bridgehead atoms. The quantitative estimate of drug-likeness (QED) is 0.528. The van der Waals surface area contributed by atoms with Gasteiger partial charge in [0.2, 0.25) is 0 Å². The fourth-order valence-corrected chi connectivity index (χ4v) is 3.13. The van der Waals surface area contributed by atoms with Gasteiger partial charge in [-0.2, -0.15) is 0 Å². The molecule has 3 aromatic rings. The van der Waals surface area contributed by atoms with Crippen molar-refractivity contribution in [2.75, 3.05) is 23.0 Å². The summed E-state index contributed by atoms with van der Waals surface area (Å²) in [6.45, 7) is 4.51. The third kappa shape index (κ3) is 5.16. The highest BCUT2D eigenvalue weighted by molar-refractivity contribution is 7.17. The van der Waals surface area contributed by atoms with Gasteiger partial charge in [-0.05, 0) is 43.2 Å². The molecule has 2 aromatic heterocycles. The zero-order valence-electron chi connectivity index (χ0n) is 16.4. The van der Waals surface area contributed by atoms with Gasteiger partial charge in [-0.15, -0.1) is 0 Å². The van der Waals surface area contributed by atoms with Crippen LogP contribution in [0.2, 0.25) is 0 Å². The van der Waals surface area contributed by atoms with Gasteiger partial charge in [-0.3, -0.25) is 9.59 Å². The molecule has 30 heavy (non-hydrogen) atoms. The number of aryl methyl sites for hydroxylation is 1. The highest BCUT2D eigenvalue weighted by Crippen LogP contribution is 2.23.